The SMILES string of the molecule is CCCc1nccc(-c2oc3c4c2P34=O)n1. The Balaban J connectivity index is 1.79. The Bertz CT molecular complexity index is 666. The Hall–Kier alpha value is -1.41. The molecule has 0 saturated carbocycles. The fourth-order valence-corrected chi connectivity index (χ4v) is 4.63. The van der Waals surface area contributed by atoms with E-state index in [1.165, 1.54) is 0 Å². The molecular formula is C11H9N2O2P. The Morgan fingerprint density at radius 3 is 2.88 bits per heavy atom. The lowest BCUT2D eigenvalue weighted by molar-refractivity contribution is 0.590. The van der Waals surface area contributed by atoms with E-state index in [0.717, 1.165) is 40.5 Å². The normalized spacial score (nSPS) is 23.1. The van der Waals surface area contributed by atoms with Gasteiger partial charge in [-0.3, -0.25) is 0 Å². The van der Waals surface area contributed by atoms with Gasteiger partial charge in [0.05, 0.1) is 10.6 Å². The van der Waals surface area contributed by atoms with Gasteiger partial charge in [0, 0.05) is 12.6 Å². The lowest BCUT2D eigenvalue weighted by Gasteiger charge is -1.98. The molecule has 3 aliphatic heterocycles. The first-order chi connectivity index (χ1) is 7.76. The predicted octanol–water partition coefficient (Wildman–Crippen LogP) is 0.955. The van der Waals surface area contributed by atoms with Gasteiger partial charge < -0.3 is 8.98 Å². The molecular weight excluding hydrogens is 223 g/mol. The lowest BCUT2D eigenvalue weighted by atomic mass is 10.3. The van der Waals surface area contributed by atoms with Gasteiger partial charge in [0.15, 0.2) is 11.3 Å². The van der Waals surface area contributed by atoms with Gasteiger partial charge in [0.25, 0.3) is 0 Å². The quantitative estimate of drug-likeness (QED) is 0.493. The Morgan fingerprint density at radius 1 is 1.44 bits per heavy atom. The number of rotatable bonds is 3. The molecule has 0 radical (unpaired) electrons. The number of furan rings is 1. The number of nitrogens with zero attached hydrogens (tertiary/aromatic N) is 2. The third-order valence-electron chi connectivity index (χ3n) is 3.07. The number of hydrogen-bond donors (Lipinski definition) is 0. The molecule has 0 fully saturated rings. The van der Waals surface area contributed by atoms with Gasteiger partial charge in [0.1, 0.15) is 11.5 Å². The zero-order chi connectivity index (χ0) is 10.9. The molecule has 5 rings (SSSR count). The highest BCUT2D eigenvalue weighted by atomic mass is 31.2. The van der Waals surface area contributed by atoms with Crippen molar-refractivity contribution in [2.24, 2.45) is 0 Å². The summed E-state index contributed by atoms with van der Waals surface area (Å²) >= 11 is 0. The summed E-state index contributed by atoms with van der Waals surface area (Å²) < 4.78 is 17.3. The smallest absolute Gasteiger partial charge is 0.214 e. The van der Waals surface area contributed by atoms with Crippen LogP contribution in [0.5, 0.6) is 0 Å². The lowest BCUT2D eigenvalue weighted by Crippen LogP contribution is -1.99. The molecule has 0 spiro atoms. The molecule has 5 heterocycles. The molecule has 0 N–H and O–H groups in total. The molecule has 0 aliphatic carbocycles. The van der Waals surface area contributed by atoms with Gasteiger partial charge in [0.2, 0.25) is 7.14 Å². The molecule has 2 bridgehead atoms. The number of aryl methyl sites for hydroxylation is 1. The van der Waals surface area contributed by atoms with Gasteiger partial charge in [-0.25, -0.2) is 9.97 Å². The zero-order valence-corrected chi connectivity index (χ0v) is 9.62. The minimum atomic E-state index is -2.11. The summed E-state index contributed by atoms with van der Waals surface area (Å²) in [5.74, 6) is 1.54. The molecule has 1 atom stereocenters. The molecule has 1 unspecified atom stereocenters. The Labute approximate surface area is 92.1 Å². The fraction of sp³-hybridized carbons (Fsp3) is 0.273. The average Bonchev–Trinajstić information content (AvgIpc) is 2.91. The van der Waals surface area contributed by atoms with Crippen molar-refractivity contribution in [1.82, 2.24) is 9.97 Å². The van der Waals surface area contributed by atoms with E-state index in [2.05, 4.69) is 16.9 Å². The maximum atomic E-state index is 11.8. The minimum absolute atomic E-state index is 0.716. The van der Waals surface area contributed by atoms with Gasteiger partial charge in [-0.15, -0.1) is 0 Å². The van der Waals surface area contributed by atoms with Crippen LogP contribution in [0.25, 0.3) is 11.5 Å². The highest BCUT2D eigenvalue weighted by Gasteiger charge is 2.74. The summed E-state index contributed by atoms with van der Waals surface area (Å²) in [6.07, 6.45) is 3.62. The van der Waals surface area contributed by atoms with E-state index >= 15 is 0 Å². The van der Waals surface area contributed by atoms with Gasteiger partial charge in [-0.2, -0.15) is 0 Å². The van der Waals surface area contributed by atoms with Crippen molar-refractivity contribution in [3.8, 4) is 11.5 Å². The second kappa shape index (κ2) is 2.46. The number of fused-ring (bicyclic) bond motifs is 1. The monoisotopic (exact) mass is 232 g/mol. The van der Waals surface area contributed by atoms with Crippen LogP contribution in [0.4, 0.5) is 0 Å². The molecule has 3 aliphatic rings. The van der Waals surface area contributed by atoms with Crippen LogP contribution in [0.2, 0.25) is 0 Å². The first-order valence-corrected chi connectivity index (χ1v) is 7.08. The molecule has 0 saturated heterocycles. The molecule has 2 aromatic heterocycles. The summed E-state index contributed by atoms with van der Waals surface area (Å²) in [5.41, 5.74) is 1.50. The molecule has 80 valence electrons. The van der Waals surface area contributed by atoms with Crippen molar-refractivity contribution in [1.29, 1.82) is 0 Å². The molecule has 0 aromatic carbocycles. The second-order valence-electron chi connectivity index (χ2n) is 4.15. The summed E-state index contributed by atoms with van der Waals surface area (Å²) in [4.78, 5) is 8.62. The zero-order valence-electron chi connectivity index (χ0n) is 8.73. The first-order valence-electron chi connectivity index (χ1n) is 5.37. The van der Waals surface area contributed by atoms with Crippen molar-refractivity contribution in [2.75, 3.05) is 0 Å². The average molecular weight is 232 g/mol. The van der Waals surface area contributed by atoms with E-state index in [4.69, 9.17) is 4.42 Å². The van der Waals surface area contributed by atoms with E-state index < -0.39 is 7.14 Å². The topological polar surface area (TPSA) is 56.0 Å². The third kappa shape index (κ3) is 0.814. The van der Waals surface area contributed by atoms with Crippen LogP contribution >= 0.6 is 7.14 Å². The Morgan fingerprint density at radius 2 is 2.25 bits per heavy atom. The van der Waals surface area contributed by atoms with E-state index in [1.807, 2.05) is 6.07 Å². The number of aromatic nitrogens is 2. The summed E-state index contributed by atoms with van der Waals surface area (Å²) in [6.45, 7) is 2.09. The van der Waals surface area contributed by atoms with Gasteiger partial charge in [-0.1, -0.05) is 6.92 Å². The molecule has 4 nitrogen and oxygen atoms in total. The van der Waals surface area contributed by atoms with Crippen LogP contribution in [-0.2, 0) is 11.0 Å². The van der Waals surface area contributed by atoms with Crippen molar-refractivity contribution in [3.05, 3.63) is 18.1 Å². The highest BCUT2D eigenvalue weighted by molar-refractivity contribution is 8.06. The minimum Gasteiger partial charge on any atom is -0.449 e. The maximum absolute atomic E-state index is 11.8. The van der Waals surface area contributed by atoms with E-state index in [9.17, 15) is 4.57 Å². The second-order valence-corrected chi connectivity index (χ2v) is 6.67. The van der Waals surface area contributed by atoms with Crippen LogP contribution in [0.1, 0.15) is 19.2 Å². The summed E-state index contributed by atoms with van der Waals surface area (Å²) in [6, 6.07) is 1.82. The largest absolute Gasteiger partial charge is 0.449 e. The van der Waals surface area contributed by atoms with Crippen LogP contribution < -0.4 is 16.1 Å². The first kappa shape index (κ1) is 8.71. The summed E-state index contributed by atoms with van der Waals surface area (Å²) in [7, 11) is -2.11. The van der Waals surface area contributed by atoms with Crippen LogP contribution in [0.3, 0.4) is 0 Å². The molecule has 0 amide bonds. The molecule has 5 heteroatoms. The maximum Gasteiger partial charge on any atom is 0.214 e. The highest BCUT2D eigenvalue weighted by Crippen LogP contribution is 2.70. The van der Waals surface area contributed by atoms with E-state index in [0.29, 0.717) is 5.76 Å². The van der Waals surface area contributed by atoms with Gasteiger partial charge in [-0.05, 0) is 12.5 Å². The fourth-order valence-electron chi connectivity index (χ4n) is 2.14. The predicted molar refractivity (Wildman–Crippen MR) is 60.2 cm³/mol. The van der Waals surface area contributed by atoms with Crippen molar-refractivity contribution < 1.29 is 8.98 Å². The van der Waals surface area contributed by atoms with E-state index in [-0.39, 0.29) is 0 Å². The molecule has 2 aromatic rings. The Kier molecular flexibility index (Phi) is 1.34. The third-order valence-corrected chi connectivity index (χ3v) is 5.62. The standard InChI is InChI=1S/C11H9N2O2P/c1-2-3-7-12-5-4-6(13-7)8-9-10-11(15-8)16(9,10)14/h4-5H,2-3H2,1H3. The van der Waals surface area contributed by atoms with Crippen molar-refractivity contribution in [3.63, 3.8) is 0 Å². The van der Waals surface area contributed by atoms with Crippen LogP contribution in [-0.4, -0.2) is 9.97 Å². The van der Waals surface area contributed by atoms with Crippen molar-refractivity contribution in [2.45, 2.75) is 19.8 Å². The summed E-state index contributed by atoms with van der Waals surface area (Å²) in [5, 5.41) is 1.92. The van der Waals surface area contributed by atoms with Crippen LogP contribution in [0, 0.1) is 0 Å². The van der Waals surface area contributed by atoms with Gasteiger partial charge >= 0.3 is 0 Å². The van der Waals surface area contributed by atoms with Crippen LogP contribution in [0.15, 0.2) is 16.7 Å². The molecule has 16 heavy (non-hydrogen) atoms. The number of hydrogen-bond acceptors (Lipinski definition) is 4. The van der Waals surface area contributed by atoms with Crippen molar-refractivity contribution >= 4 is 23.3 Å². The van der Waals surface area contributed by atoms with E-state index in [1.54, 1.807) is 6.20 Å².